The quantitative estimate of drug-likeness (QED) is 0.692. The van der Waals surface area contributed by atoms with E-state index in [1.54, 1.807) is 24.3 Å². The van der Waals surface area contributed by atoms with Gasteiger partial charge in [-0.15, -0.1) is 0 Å². The Balaban J connectivity index is 1.42. The van der Waals surface area contributed by atoms with Gasteiger partial charge >= 0.3 is 6.03 Å². The number of urea groups is 1. The molecule has 1 spiro atoms. The molecule has 1 saturated heterocycles. The summed E-state index contributed by atoms with van der Waals surface area (Å²) in [4.78, 5) is 17.9. The van der Waals surface area contributed by atoms with Crippen LogP contribution < -0.4 is 10.2 Å². The summed E-state index contributed by atoms with van der Waals surface area (Å²) in [7, 11) is -1.22. The molecule has 1 N–H and O–H groups in total. The lowest BCUT2D eigenvalue weighted by atomic mass is 9.69. The van der Waals surface area contributed by atoms with Gasteiger partial charge in [-0.2, -0.15) is 0 Å². The number of amides is 2. The van der Waals surface area contributed by atoms with Gasteiger partial charge in [0, 0.05) is 24.0 Å². The molecule has 0 bridgehead atoms. The minimum absolute atomic E-state index is 0.0608. The molecule has 2 aromatic carbocycles. The van der Waals surface area contributed by atoms with Crippen LogP contribution in [0.15, 0.2) is 59.5 Å². The van der Waals surface area contributed by atoms with E-state index < -0.39 is 9.84 Å². The summed E-state index contributed by atoms with van der Waals surface area (Å²) in [6.07, 6.45) is 7.45. The molecule has 7 heteroatoms. The van der Waals surface area contributed by atoms with E-state index in [-0.39, 0.29) is 22.0 Å². The summed E-state index contributed by atoms with van der Waals surface area (Å²) >= 11 is 0. The molecule has 0 unspecified atom stereocenters. The van der Waals surface area contributed by atoms with Crippen molar-refractivity contribution in [3.05, 3.63) is 60.2 Å². The van der Waals surface area contributed by atoms with Crippen LogP contribution in [0.25, 0.3) is 0 Å². The zero-order chi connectivity index (χ0) is 23.3. The van der Waals surface area contributed by atoms with Crippen LogP contribution >= 0.6 is 0 Å². The Kier molecular flexibility index (Phi) is 5.52. The highest BCUT2D eigenvalue weighted by atomic mass is 32.2. The molecule has 6 nitrogen and oxygen atoms in total. The monoisotopic (exact) mass is 467 g/mol. The molecule has 3 aliphatic rings. The fourth-order valence-corrected chi connectivity index (χ4v) is 6.34. The van der Waals surface area contributed by atoms with Crippen LogP contribution in [0.5, 0.6) is 0 Å². The van der Waals surface area contributed by atoms with Gasteiger partial charge in [0.1, 0.15) is 0 Å². The van der Waals surface area contributed by atoms with E-state index in [1.165, 1.54) is 24.7 Å². The molecule has 3 fully saturated rings. The molecule has 0 aromatic heterocycles. The second kappa shape index (κ2) is 8.13. The molecule has 5 rings (SSSR count). The average molecular weight is 468 g/mol. The molecule has 1 heterocycles. The van der Waals surface area contributed by atoms with Crippen molar-refractivity contribution in [3.63, 3.8) is 0 Å². The summed E-state index contributed by atoms with van der Waals surface area (Å²) in [6, 6.07) is 17.5. The normalized spacial score (nSPS) is 28.0. The first kappa shape index (κ1) is 22.4. The second-order valence-electron chi connectivity index (χ2n) is 10.1. The summed E-state index contributed by atoms with van der Waals surface area (Å²) in [6.45, 7) is 1.49. The summed E-state index contributed by atoms with van der Waals surface area (Å²) in [5, 5.41) is 3.61. The lowest BCUT2D eigenvalue weighted by Crippen LogP contribution is -2.55. The van der Waals surface area contributed by atoms with E-state index in [1.807, 2.05) is 11.9 Å². The van der Waals surface area contributed by atoms with Gasteiger partial charge in [-0.25, -0.2) is 13.2 Å². The standard InChI is InChI=1S/C26H33N3O3S/c1-27-26(21-6-4-3-5-7-21)16-14-25(15-17-26)19-28(24(30)29(25)18-20-8-9-20)22-10-12-23(13-11-22)33(2,31)32/h3-7,10-13,20,27H,8-9,14-19H2,1-2H3/t25-,26+. The number of nitrogens with one attached hydrogen (secondary N) is 1. The largest absolute Gasteiger partial charge is 0.325 e. The Hall–Kier alpha value is -2.38. The van der Waals surface area contributed by atoms with Gasteiger partial charge in [-0.3, -0.25) is 4.90 Å². The number of carbonyl (C=O) groups is 1. The fourth-order valence-electron chi connectivity index (χ4n) is 5.71. The van der Waals surface area contributed by atoms with E-state index in [9.17, 15) is 13.2 Å². The molecule has 2 aromatic rings. The maximum Gasteiger partial charge on any atom is 0.325 e. The van der Waals surface area contributed by atoms with Crippen molar-refractivity contribution >= 4 is 21.6 Å². The minimum atomic E-state index is -3.27. The molecular weight excluding hydrogens is 434 g/mol. The number of rotatable bonds is 6. The number of hydrogen-bond acceptors (Lipinski definition) is 4. The number of sulfone groups is 1. The number of carbonyl (C=O) groups excluding carboxylic acids is 1. The van der Waals surface area contributed by atoms with Gasteiger partial charge in [0.15, 0.2) is 9.84 Å². The van der Waals surface area contributed by atoms with E-state index in [2.05, 4.69) is 40.5 Å². The van der Waals surface area contributed by atoms with Crippen LogP contribution in [0.2, 0.25) is 0 Å². The smallest absolute Gasteiger partial charge is 0.317 e. The summed E-state index contributed by atoms with van der Waals surface area (Å²) in [5.41, 5.74) is 1.85. The van der Waals surface area contributed by atoms with E-state index >= 15 is 0 Å². The highest BCUT2D eigenvalue weighted by Gasteiger charge is 2.54. The number of anilines is 1. The number of hydrogen-bond donors (Lipinski definition) is 1. The minimum Gasteiger partial charge on any atom is -0.317 e. The molecule has 2 amide bonds. The van der Waals surface area contributed by atoms with Crippen molar-refractivity contribution in [2.75, 3.05) is 31.3 Å². The Labute approximate surface area is 196 Å². The van der Waals surface area contributed by atoms with Gasteiger partial charge in [-0.05, 0) is 81.3 Å². The maximum absolute atomic E-state index is 13.6. The third-order valence-electron chi connectivity index (χ3n) is 8.04. The summed E-state index contributed by atoms with van der Waals surface area (Å²) in [5.74, 6) is 0.614. The van der Waals surface area contributed by atoms with Crippen molar-refractivity contribution in [1.82, 2.24) is 10.2 Å². The van der Waals surface area contributed by atoms with Crippen LogP contribution in [-0.2, 0) is 15.4 Å². The molecular formula is C26H33N3O3S. The number of benzene rings is 2. The van der Waals surface area contributed by atoms with Crippen LogP contribution in [0.3, 0.4) is 0 Å². The lowest BCUT2D eigenvalue weighted by molar-refractivity contribution is 0.0762. The molecule has 2 aliphatic carbocycles. The molecule has 0 atom stereocenters. The van der Waals surface area contributed by atoms with Crippen LogP contribution in [0.1, 0.15) is 44.1 Å². The highest BCUT2D eigenvalue weighted by Crippen LogP contribution is 2.48. The number of nitrogens with zero attached hydrogens (tertiary/aromatic N) is 2. The molecule has 33 heavy (non-hydrogen) atoms. The molecule has 1 aliphatic heterocycles. The Bertz CT molecular complexity index is 1120. The van der Waals surface area contributed by atoms with Gasteiger partial charge < -0.3 is 10.2 Å². The predicted octanol–water partition coefficient (Wildman–Crippen LogP) is 4.17. The fraction of sp³-hybridized carbons (Fsp3) is 0.500. The van der Waals surface area contributed by atoms with Gasteiger partial charge in [0.25, 0.3) is 0 Å². The SMILES string of the molecule is CN[C@]1(c2ccccc2)CC[C@]2(CC1)CN(c1ccc(S(C)(=O)=O)cc1)C(=O)N2CC1CC1. The first-order chi connectivity index (χ1) is 15.8. The zero-order valence-electron chi connectivity index (χ0n) is 19.5. The van der Waals surface area contributed by atoms with Crippen molar-refractivity contribution < 1.29 is 13.2 Å². The van der Waals surface area contributed by atoms with Gasteiger partial charge in [0.2, 0.25) is 0 Å². The predicted molar refractivity (Wildman–Crippen MR) is 130 cm³/mol. The maximum atomic E-state index is 13.6. The van der Waals surface area contributed by atoms with Crippen molar-refractivity contribution in [2.24, 2.45) is 5.92 Å². The van der Waals surface area contributed by atoms with Gasteiger partial charge in [0.05, 0.1) is 17.0 Å². The Morgan fingerprint density at radius 1 is 0.970 bits per heavy atom. The van der Waals surface area contributed by atoms with Crippen LogP contribution in [-0.4, -0.2) is 51.3 Å². The molecule has 2 saturated carbocycles. The zero-order valence-corrected chi connectivity index (χ0v) is 20.3. The van der Waals surface area contributed by atoms with Gasteiger partial charge in [-0.1, -0.05) is 30.3 Å². The van der Waals surface area contributed by atoms with Crippen LogP contribution in [0.4, 0.5) is 10.5 Å². The average Bonchev–Trinajstić information content (AvgIpc) is 3.61. The molecule has 0 radical (unpaired) electrons. The van der Waals surface area contributed by atoms with E-state index in [4.69, 9.17) is 0 Å². The molecule has 176 valence electrons. The lowest BCUT2D eigenvalue weighted by Gasteiger charge is -2.48. The van der Waals surface area contributed by atoms with Crippen molar-refractivity contribution in [1.29, 1.82) is 0 Å². The van der Waals surface area contributed by atoms with E-state index in [0.29, 0.717) is 12.5 Å². The topological polar surface area (TPSA) is 69.7 Å². The second-order valence-corrected chi connectivity index (χ2v) is 12.1. The third-order valence-corrected chi connectivity index (χ3v) is 9.17. The first-order valence-electron chi connectivity index (χ1n) is 11.9. The highest BCUT2D eigenvalue weighted by molar-refractivity contribution is 7.90. The Morgan fingerprint density at radius 3 is 2.15 bits per heavy atom. The first-order valence-corrected chi connectivity index (χ1v) is 13.8. The van der Waals surface area contributed by atoms with Crippen molar-refractivity contribution in [2.45, 2.75) is 54.5 Å². The Morgan fingerprint density at radius 2 is 1.61 bits per heavy atom. The van der Waals surface area contributed by atoms with Crippen LogP contribution in [0, 0.1) is 5.92 Å². The van der Waals surface area contributed by atoms with E-state index in [0.717, 1.165) is 37.9 Å². The third kappa shape index (κ3) is 4.06. The van der Waals surface area contributed by atoms with Crippen molar-refractivity contribution in [3.8, 4) is 0 Å². The summed E-state index contributed by atoms with van der Waals surface area (Å²) < 4.78 is 23.7.